The van der Waals surface area contributed by atoms with Crippen LogP contribution in [0, 0.1) is 5.92 Å². The Bertz CT molecular complexity index is 1200. The van der Waals surface area contributed by atoms with Crippen LogP contribution in [-0.2, 0) is 30.0 Å². The first-order chi connectivity index (χ1) is 20.2. The molecule has 0 radical (unpaired) electrons. The Morgan fingerprint density at radius 2 is 1.52 bits per heavy atom. The summed E-state index contributed by atoms with van der Waals surface area (Å²) in [5.74, 6) is 0.571. The van der Waals surface area contributed by atoms with Crippen LogP contribution in [0.2, 0.25) is 5.04 Å². The summed E-state index contributed by atoms with van der Waals surface area (Å²) in [7, 11) is -1.08. The average Bonchev–Trinajstić information content (AvgIpc) is 2.99. The molecular weight excluding hydrogens is 544 g/mol. The minimum atomic E-state index is -2.74. The van der Waals surface area contributed by atoms with E-state index in [9.17, 15) is 4.79 Å². The van der Waals surface area contributed by atoms with Gasteiger partial charge in [-0.05, 0) is 40.0 Å². The van der Waals surface area contributed by atoms with E-state index in [1.165, 1.54) is 10.4 Å². The van der Waals surface area contributed by atoms with Crippen molar-refractivity contribution < 1.29 is 28.2 Å². The van der Waals surface area contributed by atoms with E-state index < -0.39 is 8.32 Å². The van der Waals surface area contributed by atoms with Crippen LogP contribution in [0.4, 0.5) is 0 Å². The predicted octanol–water partition coefficient (Wildman–Crippen LogP) is 5.90. The molecule has 6 nitrogen and oxygen atoms in total. The number of esters is 1. The van der Waals surface area contributed by atoms with Gasteiger partial charge in [0.05, 0.1) is 51.7 Å². The second-order valence-corrected chi connectivity index (χ2v) is 16.4. The molecular formula is C35H46O6Si. The molecule has 0 saturated carbocycles. The molecule has 0 aromatic heterocycles. The Kier molecular flexibility index (Phi) is 11.0. The van der Waals surface area contributed by atoms with Gasteiger partial charge in [0.25, 0.3) is 8.32 Å². The molecule has 4 rings (SSSR count). The molecule has 0 spiro atoms. The molecule has 1 saturated heterocycles. The van der Waals surface area contributed by atoms with Crippen molar-refractivity contribution >= 4 is 24.7 Å². The molecule has 0 amide bonds. The Balaban J connectivity index is 1.59. The Morgan fingerprint density at radius 3 is 2.05 bits per heavy atom. The highest BCUT2D eigenvalue weighted by Crippen LogP contribution is 2.38. The minimum Gasteiger partial charge on any atom is -0.497 e. The summed E-state index contributed by atoms with van der Waals surface area (Å²) >= 11 is 0. The van der Waals surface area contributed by atoms with Gasteiger partial charge in [-0.15, -0.1) is 0 Å². The molecule has 0 unspecified atom stereocenters. The second kappa shape index (κ2) is 14.5. The first-order valence-electron chi connectivity index (χ1n) is 15.0. The number of carbonyl (C=O) groups is 1. The third-order valence-electron chi connectivity index (χ3n) is 8.23. The van der Waals surface area contributed by atoms with Gasteiger partial charge in [-0.25, -0.2) is 0 Å². The van der Waals surface area contributed by atoms with Crippen molar-refractivity contribution in [2.45, 2.75) is 77.4 Å². The molecule has 1 aliphatic heterocycles. The molecule has 0 N–H and O–H groups in total. The molecule has 3 aromatic carbocycles. The van der Waals surface area contributed by atoms with Crippen LogP contribution < -0.4 is 15.1 Å². The van der Waals surface area contributed by atoms with Crippen molar-refractivity contribution in [3.05, 3.63) is 90.5 Å². The normalized spacial score (nSPS) is 21.1. The van der Waals surface area contributed by atoms with Gasteiger partial charge in [-0.3, -0.25) is 4.79 Å². The van der Waals surface area contributed by atoms with Crippen LogP contribution in [0.1, 0.15) is 53.0 Å². The van der Waals surface area contributed by atoms with Crippen LogP contribution in [0.5, 0.6) is 5.75 Å². The number of ether oxygens (including phenoxy) is 4. The van der Waals surface area contributed by atoms with E-state index in [0.29, 0.717) is 26.2 Å². The first-order valence-corrected chi connectivity index (χ1v) is 16.9. The summed E-state index contributed by atoms with van der Waals surface area (Å²) in [5.41, 5.74) is 1.07. The van der Waals surface area contributed by atoms with E-state index in [4.69, 9.17) is 23.4 Å². The van der Waals surface area contributed by atoms with E-state index in [-0.39, 0.29) is 41.7 Å². The highest BCUT2D eigenvalue weighted by Gasteiger charge is 2.51. The van der Waals surface area contributed by atoms with E-state index >= 15 is 0 Å². The van der Waals surface area contributed by atoms with Crippen LogP contribution in [0.15, 0.2) is 84.9 Å². The summed E-state index contributed by atoms with van der Waals surface area (Å²) in [4.78, 5) is 12.5. The Hall–Kier alpha value is -2.97. The summed E-state index contributed by atoms with van der Waals surface area (Å²) < 4.78 is 30.9. The molecule has 1 aliphatic rings. The minimum absolute atomic E-state index is 0.0109. The van der Waals surface area contributed by atoms with Crippen molar-refractivity contribution in [2.24, 2.45) is 5.92 Å². The van der Waals surface area contributed by atoms with E-state index in [1.807, 2.05) is 43.3 Å². The summed E-state index contributed by atoms with van der Waals surface area (Å²) in [5, 5.41) is 2.30. The fourth-order valence-electron chi connectivity index (χ4n) is 5.99. The number of hydrogen-bond donors (Lipinski definition) is 0. The lowest BCUT2D eigenvalue weighted by Gasteiger charge is -2.45. The van der Waals surface area contributed by atoms with Gasteiger partial charge in [0.2, 0.25) is 0 Å². The van der Waals surface area contributed by atoms with E-state index in [0.717, 1.165) is 11.3 Å². The smallest absolute Gasteiger partial charge is 0.308 e. The van der Waals surface area contributed by atoms with Gasteiger partial charge in [0.1, 0.15) is 5.75 Å². The monoisotopic (exact) mass is 590 g/mol. The van der Waals surface area contributed by atoms with Crippen LogP contribution in [0.25, 0.3) is 0 Å². The molecule has 42 heavy (non-hydrogen) atoms. The molecule has 1 heterocycles. The lowest BCUT2D eigenvalue weighted by Crippen LogP contribution is -2.67. The third kappa shape index (κ3) is 7.50. The van der Waals surface area contributed by atoms with Gasteiger partial charge in [0.15, 0.2) is 0 Å². The van der Waals surface area contributed by atoms with Crippen molar-refractivity contribution in [1.82, 2.24) is 0 Å². The Morgan fingerprint density at radius 1 is 0.929 bits per heavy atom. The van der Waals surface area contributed by atoms with Crippen molar-refractivity contribution in [1.29, 1.82) is 0 Å². The van der Waals surface area contributed by atoms with Crippen LogP contribution in [-0.4, -0.2) is 52.9 Å². The quantitative estimate of drug-likeness (QED) is 0.193. The maximum absolute atomic E-state index is 12.5. The Labute approximate surface area is 252 Å². The molecule has 0 bridgehead atoms. The zero-order valence-corrected chi connectivity index (χ0v) is 26.9. The molecule has 4 atom stereocenters. The first kappa shape index (κ1) is 32.0. The lowest BCUT2D eigenvalue weighted by atomic mass is 9.88. The molecule has 0 aliphatic carbocycles. The van der Waals surface area contributed by atoms with Gasteiger partial charge in [-0.2, -0.15) is 0 Å². The topological polar surface area (TPSA) is 63.2 Å². The van der Waals surface area contributed by atoms with Gasteiger partial charge < -0.3 is 23.4 Å². The average molecular weight is 591 g/mol. The summed E-state index contributed by atoms with van der Waals surface area (Å²) in [6.45, 7) is 12.0. The van der Waals surface area contributed by atoms with E-state index in [1.54, 1.807) is 7.11 Å². The van der Waals surface area contributed by atoms with E-state index in [2.05, 4.69) is 76.2 Å². The van der Waals surface area contributed by atoms with Gasteiger partial charge >= 0.3 is 5.97 Å². The number of methoxy groups -OCH3 is 1. The summed E-state index contributed by atoms with van der Waals surface area (Å²) in [6.07, 6.45) is 0.199. The zero-order chi connectivity index (χ0) is 30.2. The predicted molar refractivity (Wildman–Crippen MR) is 169 cm³/mol. The standard InChI is InChI=1S/C35H46O6Si/c1-7-38-34(36)23-33-26(2)32(39-24-27-18-20-28(37-6)21-19-27)22-29(41-33)25-40-42(35(3,4)5,30-14-10-8-11-15-30)31-16-12-9-13-17-31/h8-21,26,29,32-33H,7,22-25H2,1-6H3/t26-,29+,32+,33+/m1/s1. The number of carbonyl (C=O) groups excluding carboxylic acids is 1. The van der Waals surface area contributed by atoms with Gasteiger partial charge in [-0.1, -0.05) is 100 Å². The number of hydrogen-bond acceptors (Lipinski definition) is 6. The fraction of sp³-hybridized carbons (Fsp3) is 0.457. The fourth-order valence-corrected chi connectivity index (χ4v) is 10.6. The summed E-state index contributed by atoms with van der Waals surface area (Å²) in [6, 6.07) is 29.1. The highest BCUT2D eigenvalue weighted by molar-refractivity contribution is 6.99. The lowest BCUT2D eigenvalue weighted by molar-refractivity contribution is -0.174. The maximum Gasteiger partial charge on any atom is 0.308 e. The van der Waals surface area contributed by atoms with Crippen molar-refractivity contribution in [3.63, 3.8) is 0 Å². The maximum atomic E-state index is 12.5. The largest absolute Gasteiger partial charge is 0.497 e. The molecule has 1 fully saturated rings. The number of rotatable bonds is 12. The highest BCUT2D eigenvalue weighted by atomic mass is 28.4. The van der Waals surface area contributed by atoms with Crippen LogP contribution in [0.3, 0.4) is 0 Å². The van der Waals surface area contributed by atoms with Gasteiger partial charge in [0, 0.05) is 12.3 Å². The van der Waals surface area contributed by atoms with Crippen molar-refractivity contribution in [2.75, 3.05) is 20.3 Å². The SMILES string of the molecule is CCOC(=O)C[C@@H]1O[C@H](CO[Si](c2ccccc2)(c2ccccc2)C(C)(C)C)C[C@H](OCc2ccc(OC)cc2)[C@H]1C. The second-order valence-electron chi connectivity index (χ2n) is 12.1. The molecule has 3 aromatic rings. The third-order valence-corrected chi connectivity index (χ3v) is 13.2. The van der Waals surface area contributed by atoms with Crippen LogP contribution >= 0.6 is 0 Å². The van der Waals surface area contributed by atoms with Crippen molar-refractivity contribution in [3.8, 4) is 5.75 Å². The zero-order valence-electron chi connectivity index (χ0n) is 25.9. The molecule has 7 heteroatoms. The number of benzene rings is 3. The molecule has 226 valence electrons.